The third kappa shape index (κ3) is 2.91. The molecule has 0 saturated carbocycles. The van der Waals surface area contributed by atoms with Crippen molar-refractivity contribution in [3.05, 3.63) is 47.7 Å². The van der Waals surface area contributed by atoms with E-state index in [1.54, 1.807) is 0 Å². The molecule has 1 aromatic carbocycles. The van der Waals surface area contributed by atoms with Gasteiger partial charge in [-0.1, -0.05) is 12.1 Å². The summed E-state index contributed by atoms with van der Waals surface area (Å²) in [5.41, 5.74) is 9.63. The van der Waals surface area contributed by atoms with E-state index in [4.69, 9.17) is 11.5 Å². The molecule has 0 bridgehead atoms. The van der Waals surface area contributed by atoms with E-state index in [1.807, 2.05) is 0 Å². The summed E-state index contributed by atoms with van der Waals surface area (Å²) in [5.74, 6) is 0. The number of nitrogen functional groups attached to an aromatic ring is 1. The molecule has 0 saturated heterocycles. The third-order valence-corrected chi connectivity index (χ3v) is 10.6. The predicted molar refractivity (Wildman–Crippen MR) is 83.3 cm³/mol. The standard InChI is InChI=1S/C12H12N2O8S3.2Na/c13-7-1-2-9-10(5-7)23(15,16)12(25(20,21)22)6-8(14)3-4-11(9,12)24(17,18)19;;/h1-6H,13-14H2,(H,17,18,19)(H,20,21,22);;/q;2*+1/p-2. The molecule has 136 valence electrons. The number of rotatable bonds is 2. The fourth-order valence-electron chi connectivity index (χ4n) is 3.28. The van der Waals surface area contributed by atoms with Gasteiger partial charge < -0.3 is 20.6 Å². The molecule has 4 N–H and O–H groups in total. The molecule has 15 heteroatoms. The minimum atomic E-state index is -5.95. The molecule has 0 radical (unpaired) electrons. The zero-order valence-electron chi connectivity index (χ0n) is 14.1. The van der Waals surface area contributed by atoms with Crippen molar-refractivity contribution >= 4 is 35.8 Å². The minimum Gasteiger partial charge on any atom is -0.747 e. The van der Waals surface area contributed by atoms with Gasteiger partial charge in [-0.2, -0.15) is 0 Å². The van der Waals surface area contributed by atoms with Gasteiger partial charge in [0, 0.05) is 11.4 Å². The molecular weight excluding hydrogens is 442 g/mol. The largest absolute Gasteiger partial charge is 1.00 e. The Kier molecular flexibility index (Phi) is 6.59. The first-order chi connectivity index (χ1) is 11.2. The number of anilines is 1. The van der Waals surface area contributed by atoms with Crippen molar-refractivity contribution in [1.29, 1.82) is 0 Å². The Morgan fingerprint density at radius 1 is 0.963 bits per heavy atom. The number of sulfone groups is 1. The quantitative estimate of drug-likeness (QED) is 0.247. The smallest absolute Gasteiger partial charge is 0.747 e. The van der Waals surface area contributed by atoms with Crippen LogP contribution in [0, 0.1) is 0 Å². The van der Waals surface area contributed by atoms with Gasteiger partial charge in [-0.25, -0.2) is 25.3 Å². The summed E-state index contributed by atoms with van der Waals surface area (Å²) in [6.07, 6.45) is 1.68. The molecular formula is C12H10N2Na2O8S3. The monoisotopic (exact) mass is 452 g/mol. The molecule has 0 fully saturated rings. The first kappa shape index (κ1) is 25.1. The summed E-state index contributed by atoms with van der Waals surface area (Å²) in [6.45, 7) is 0. The van der Waals surface area contributed by atoms with Crippen molar-refractivity contribution < 1.29 is 93.5 Å². The van der Waals surface area contributed by atoms with Crippen LogP contribution in [0.4, 0.5) is 5.69 Å². The maximum absolute atomic E-state index is 13.0. The van der Waals surface area contributed by atoms with Gasteiger partial charge in [0.25, 0.3) is 0 Å². The Labute approximate surface area is 200 Å². The molecule has 27 heavy (non-hydrogen) atoms. The van der Waals surface area contributed by atoms with Gasteiger partial charge in [-0.05, 0) is 29.8 Å². The van der Waals surface area contributed by atoms with Crippen LogP contribution < -0.4 is 70.6 Å². The predicted octanol–water partition coefficient (Wildman–Crippen LogP) is -7.54. The van der Waals surface area contributed by atoms with Crippen LogP contribution in [-0.4, -0.2) is 38.4 Å². The van der Waals surface area contributed by atoms with Crippen molar-refractivity contribution in [2.45, 2.75) is 13.7 Å². The second kappa shape index (κ2) is 7.09. The summed E-state index contributed by atoms with van der Waals surface area (Å²) in [5, 5.41) is 0. The number of allylic oxidation sites excluding steroid dienone is 1. The van der Waals surface area contributed by atoms with E-state index in [2.05, 4.69) is 0 Å². The van der Waals surface area contributed by atoms with Gasteiger partial charge in [0.2, 0.25) is 13.9 Å². The Bertz CT molecular complexity index is 1190. The third-order valence-electron chi connectivity index (χ3n) is 4.25. The number of nitrogens with two attached hydrogens (primary N) is 2. The number of fused-ring (bicyclic) bond motifs is 3. The second-order valence-corrected chi connectivity index (χ2v) is 11.0. The molecule has 2 atom stereocenters. The number of benzene rings is 1. The SMILES string of the molecule is NC1=CC2(S(=O)(=O)[O-])C(S(=O)(=O)[O-])(C=C1)c1ccc(N)cc1S2(=O)=O.[Na+].[Na+]. The molecule has 2 unspecified atom stereocenters. The fraction of sp³-hybridized carbons (Fsp3) is 0.167. The van der Waals surface area contributed by atoms with E-state index in [0.717, 1.165) is 24.3 Å². The van der Waals surface area contributed by atoms with Crippen LogP contribution in [0.3, 0.4) is 0 Å². The van der Waals surface area contributed by atoms with Crippen molar-refractivity contribution in [3.8, 4) is 0 Å². The van der Waals surface area contributed by atoms with E-state index < -0.39 is 55.1 Å². The summed E-state index contributed by atoms with van der Waals surface area (Å²) >= 11 is 0. The van der Waals surface area contributed by atoms with Crippen LogP contribution in [0.5, 0.6) is 0 Å². The van der Waals surface area contributed by atoms with Crippen LogP contribution in [0.1, 0.15) is 5.56 Å². The zero-order valence-corrected chi connectivity index (χ0v) is 20.6. The van der Waals surface area contributed by atoms with Gasteiger partial charge in [0.1, 0.15) is 25.0 Å². The van der Waals surface area contributed by atoms with E-state index in [-0.39, 0.29) is 70.9 Å². The van der Waals surface area contributed by atoms with E-state index in [9.17, 15) is 34.4 Å². The van der Waals surface area contributed by atoms with Crippen LogP contribution >= 0.6 is 0 Å². The average Bonchev–Trinajstić information content (AvgIpc) is 2.62. The van der Waals surface area contributed by atoms with E-state index in [0.29, 0.717) is 6.08 Å². The molecule has 0 spiro atoms. The Hall–Kier alpha value is 0.0700. The van der Waals surface area contributed by atoms with Gasteiger partial charge >= 0.3 is 59.1 Å². The summed E-state index contributed by atoms with van der Waals surface area (Å²) in [4.78, 5) is -0.832. The molecule has 3 rings (SSSR count). The maximum Gasteiger partial charge on any atom is 1.00 e. The second-order valence-electron chi connectivity index (χ2n) is 5.55. The van der Waals surface area contributed by atoms with E-state index >= 15 is 0 Å². The van der Waals surface area contributed by atoms with Gasteiger partial charge in [-0.15, -0.1) is 0 Å². The molecule has 1 aliphatic heterocycles. The van der Waals surface area contributed by atoms with Crippen LogP contribution in [0.25, 0.3) is 0 Å². The molecule has 0 amide bonds. The molecule has 1 aromatic rings. The normalized spacial score (nSPS) is 28.1. The summed E-state index contributed by atoms with van der Waals surface area (Å²) in [6, 6.07) is 2.77. The molecule has 0 aromatic heterocycles. The van der Waals surface area contributed by atoms with Crippen molar-refractivity contribution in [3.63, 3.8) is 0 Å². The first-order valence-corrected chi connectivity index (χ1v) is 10.8. The molecule has 1 heterocycles. The van der Waals surface area contributed by atoms with Crippen molar-refractivity contribution in [1.82, 2.24) is 0 Å². The Morgan fingerprint density at radius 2 is 1.52 bits per heavy atom. The van der Waals surface area contributed by atoms with Gasteiger partial charge in [0.05, 0.1) is 4.90 Å². The van der Waals surface area contributed by atoms with Crippen LogP contribution in [0.15, 0.2) is 47.0 Å². The van der Waals surface area contributed by atoms with Gasteiger partial charge in [0.15, 0.2) is 0 Å². The first-order valence-electron chi connectivity index (χ1n) is 6.45. The summed E-state index contributed by atoms with van der Waals surface area (Å²) < 4.78 is 91.5. The maximum atomic E-state index is 13.0. The van der Waals surface area contributed by atoms with Crippen LogP contribution in [-0.2, 0) is 34.8 Å². The van der Waals surface area contributed by atoms with E-state index in [1.165, 1.54) is 0 Å². The fourth-order valence-corrected chi connectivity index (χ4v) is 9.86. The number of hydrogen-bond acceptors (Lipinski definition) is 10. The minimum absolute atomic E-state index is 0. The zero-order chi connectivity index (χ0) is 19.1. The molecule has 2 aliphatic rings. The number of hydrogen-bond donors (Lipinski definition) is 2. The Morgan fingerprint density at radius 3 is 2.00 bits per heavy atom. The van der Waals surface area contributed by atoms with Crippen molar-refractivity contribution in [2.24, 2.45) is 5.73 Å². The molecule has 1 aliphatic carbocycles. The molecule has 10 nitrogen and oxygen atoms in total. The Balaban J connectivity index is 0.00000182. The summed E-state index contributed by atoms with van der Waals surface area (Å²) in [7, 11) is -16.9. The van der Waals surface area contributed by atoms with Crippen LogP contribution in [0.2, 0.25) is 0 Å². The van der Waals surface area contributed by atoms with Gasteiger partial charge in [-0.3, -0.25) is 0 Å². The van der Waals surface area contributed by atoms with Crippen molar-refractivity contribution in [2.75, 3.05) is 5.73 Å². The topological polar surface area (TPSA) is 201 Å². The average molecular weight is 452 g/mol.